The molecule has 1 unspecified atom stereocenters. The van der Waals surface area contributed by atoms with Crippen molar-refractivity contribution < 1.29 is 32.9 Å². The minimum atomic E-state index is -2.54. The van der Waals surface area contributed by atoms with E-state index >= 15 is 0 Å². The zero-order valence-electron chi connectivity index (χ0n) is 26.2. The van der Waals surface area contributed by atoms with E-state index in [0.717, 1.165) is 5.56 Å². The summed E-state index contributed by atoms with van der Waals surface area (Å²) in [5.41, 5.74) is 1.01. The summed E-state index contributed by atoms with van der Waals surface area (Å²) in [5, 5.41) is 2.47. The molecule has 7 nitrogen and oxygen atoms in total. The van der Waals surface area contributed by atoms with E-state index in [0.29, 0.717) is 59.5 Å². The molecule has 43 heavy (non-hydrogen) atoms. The smallest absolute Gasteiger partial charge is 0.261 e. The predicted molar refractivity (Wildman–Crippen MR) is 173 cm³/mol. The molecule has 0 saturated carbocycles. The fourth-order valence-corrected chi connectivity index (χ4v) is 9.57. The first-order valence-corrected chi connectivity index (χ1v) is 17.0. The van der Waals surface area contributed by atoms with Crippen molar-refractivity contribution in [3.05, 3.63) is 96.6 Å². The van der Waals surface area contributed by atoms with Crippen molar-refractivity contribution >= 4 is 24.5 Å². The summed E-state index contributed by atoms with van der Waals surface area (Å²) in [6.07, 6.45) is -0.252. The molecule has 3 rings (SSSR count). The van der Waals surface area contributed by atoms with Gasteiger partial charge in [0.15, 0.2) is 5.78 Å². The zero-order chi connectivity index (χ0) is 30.8. The van der Waals surface area contributed by atoms with Gasteiger partial charge in [-0.25, -0.2) is 0 Å². The summed E-state index contributed by atoms with van der Waals surface area (Å²) in [7, 11) is -2.54. The number of carbonyl (C=O) groups is 1. The first kappa shape index (κ1) is 34.8. The van der Waals surface area contributed by atoms with Gasteiger partial charge >= 0.3 is 0 Å². The number of carbonyl (C=O) groups excluding carboxylic acids is 1. The predicted octanol–water partition coefficient (Wildman–Crippen LogP) is 4.98. The fourth-order valence-electron chi connectivity index (χ4n) is 5.02. The molecule has 0 spiro atoms. The molecule has 8 heteroatoms. The number of ketones is 1. The lowest BCUT2D eigenvalue weighted by Gasteiger charge is -2.43. The lowest BCUT2D eigenvalue weighted by Crippen LogP contribution is -2.66. The lowest BCUT2D eigenvalue weighted by atomic mass is 10.1. The van der Waals surface area contributed by atoms with Crippen molar-refractivity contribution in [2.75, 3.05) is 66.1 Å². The maximum Gasteiger partial charge on any atom is 0.261 e. The van der Waals surface area contributed by atoms with Gasteiger partial charge in [-0.2, -0.15) is 0 Å². The Labute approximate surface area is 258 Å². The average Bonchev–Trinajstić information content (AvgIpc) is 3.01. The lowest BCUT2D eigenvalue weighted by molar-refractivity contribution is -0.123. The van der Waals surface area contributed by atoms with E-state index in [-0.39, 0.29) is 23.5 Å². The van der Waals surface area contributed by atoms with Gasteiger partial charge in [0, 0.05) is 0 Å². The Hall–Kier alpha value is -2.69. The minimum absolute atomic E-state index is 0.00998. The van der Waals surface area contributed by atoms with Crippen LogP contribution in [-0.4, -0.2) is 80.2 Å². The number of ether oxygens (including phenoxy) is 5. The van der Waals surface area contributed by atoms with E-state index in [1.807, 2.05) is 30.3 Å². The Bertz CT molecular complexity index is 1110. The monoisotopic (exact) mass is 608 g/mol. The quantitative estimate of drug-likeness (QED) is 0.125. The highest BCUT2D eigenvalue weighted by molar-refractivity contribution is 6.99. The van der Waals surface area contributed by atoms with Gasteiger partial charge in [-0.15, -0.1) is 0 Å². The Morgan fingerprint density at radius 2 is 1.07 bits per heavy atom. The van der Waals surface area contributed by atoms with Gasteiger partial charge in [0.05, 0.1) is 59.5 Å². The molecule has 0 aliphatic rings. The maximum absolute atomic E-state index is 11.2. The Balaban J connectivity index is 1.31. The third-order valence-electron chi connectivity index (χ3n) is 7.00. The number of hydrogen-bond acceptors (Lipinski definition) is 7. The van der Waals surface area contributed by atoms with Crippen molar-refractivity contribution in [3.8, 4) is 0 Å². The van der Waals surface area contributed by atoms with Crippen molar-refractivity contribution in [2.45, 2.75) is 38.8 Å². The minimum Gasteiger partial charge on any atom is -0.405 e. The van der Waals surface area contributed by atoms with E-state index in [4.69, 9.17) is 28.1 Å². The first-order chi connectivity index (χ1) is 20.8. The standard InChI is InChI=1S/C35H48O7Si/c1-30(36)28-40-29-34(31-14-8-5-9-15-31)41-26-24-38-22-20-37-21-23-39-25-27-42-43(35(2,3)4,32-16-10-6-11-17-32)33-18-12-7-13-19-33/h5-19,34H,20-29H2,1-4H3. The Morgan fingerprint density at radius 3 is 1.53 bits per heavy atom. The third-order valence-corrected chi connectivity index (χ3v) is 12.0. The van der Waals surface area contributed by atoms with Crippen molar-refractivity contribution in [2.24, 2.45) is 0 Å². The third kappa shape index (κ3) is 11.4. The van der Waals surface area contributed by atoms with Crippen LogP contribution in [0.1, 0.15) is 39.4 Å². The fraction of sp³-hybridized carbons (Fsp3) is 0.457. The van der Waals surface area contributed by atoms with E-state index < -0.39 is 8.32 Å². The molecule has 0 aliphatic heterocycles. The SMILES string of the molecule is CC(=O)COCC(OCCOCCOCCOCCO[Si](c1ccccc1)(c1ccccc1)C(C)(C)C)c1ccccc1. The molecule has 1 atom stereocenters. The number of rotatable bonds is 21. The Morgan fingerprint density at radius 1 is 0.628 bits per heavy atom. The second-order valence-electron chi connectivity index (χ2n) is 11.3. The second-order valence-corrected chi connectivity index (χ2v) is 15.6. The molecule has 0 fully saturated rings. The molecule has 0 saturated heterocycles. The summed E-state index contributed by atoms with van der Waals surface area (Å²) >= 11 is 0. The van der Waals surface area contributed by atoms with E-state index in [9.17, 15) is 4.79 Å². The van der Waals surface area contributed by atoms with Crippen molar-refractivity contribution in [1.29, 1.82) is 0 Å². The van der Waals surface area contributed by atoms with Crippen LogP contribution in [0.5, 0.6) is 0 Å². The van der Waals surface area contributed by atoms with Crippen LogP contribution in [0.4, 0.5) is 0 Å². The first-order valence-electron chi connectivity index (χ1n) is 15.1. The molecule has 0 aromatic heterocycles. The van der Waals surface area contributed by atoms with Gasteiger partial charge in [0.1, 0.15) is 12.7 Å². The van der Waals surface area contributed by atoms with Gasteiger partial charge in [0.2, 0.25) is 0 Å². The van der Waals surface area contributed by atoms with Crippen molar-refractivity contribution in [3.63, 3.8) is 0 Å². The molecule has 0 N–H and O–H groups in total. The molecule has 234 valence electrons. The summed E-state index contributed by atoms with van der Waals surface area (Å²) < 4.78 is 35.5. The topological polar surface area (TPSA) is 72.5 Å². The van der Waals surface area contributed by atoms with Crippen LogP contribution in [0.25, 0.3) is 0 Å². The summed E-state index contributed by atoms with van der Waals surface area (Å²) in [4.78, 5) is 11.2. The van der Waals surface area contributed by atoms with Gasteiger partial charge in [0.25, 0.3) is 8.32 Å². The summed E-state index contributed by atoms with van der Waals surface area (Å²) in [5.74, 6) is -0.00998. The van der Waals surface area contributed by atoms with Crippen LogP contribution in [0.15, 0.2) is 91.0 Å². The van der Waals surface area contributed by atoms with E-state index in [2.05, 4.69) is 81.4 Å². The van der Waals surface area contributed by atoms with Gasteiger partial charge < -0.3 is 28.1 Å². The molecular formula is C35H48O7Si. The zero-order valence-corrected chi connectivity index (χ0v) is 27.2. The molecule has 0 aliphatic carbocycles. The van der Waals surface area contributed by atoms with Crippen LogP contribution in [0.2, 0.25) is 5.04 Å². The van der Waals surface area contributed by atoms with E-state index in [1.54, 1.807) is 0 Å². The van der Waals surface area contributed by atoms with Gasteiger partial charge in [-0.3, -0.25) is 4.79 Å². The highest BCUT2D eigenvalue weighted by atomic mass is 28.4. The highest BCUT2D eigenvalue weighted by Crippen LogP contribution is 2.36. The van der Waals surface area contributed by atoms with E-state index in [1.165, 1.54) is 17.3 Å². The molecule has 3 aromatic rings. The molecule has 0 bridgehead atoms. The molecule has 0 heterocycles. The molecule has 0 radical (unpaired) electrons. The molecule has 0 amide bonds. The van der Waals surface area contributed by atoms with Crippen molar-refractivity contribution in [1.82, 2.24) is 0 Å². The van der Waals surface area contributed by atoms with Crippen LogP contribution in [0, 0.1) is 0 Å². The molecule has 3 aromatic carbocycles. The van der Waals surface area contributed by atoms with Crippen LogP contribution < -0.4 is 10.4 Å². The van der Waals surface area contributed by atoms with Crippen LogP contribution in [-0.2, 0) is 32.9 Å². The highest BCUT2D eigenvalue weighted by Gasteiger charge is 2.50. The van der Waals surface area contributed by atoms with Gasteiger partial charge in [-0.1, -0.05) is 112 Å². The summed E-state index contributed by atoms with van der Waals surface area (Å²) in [6.45, 7) is 12.5. The average molecular weight is 609 g/mol. The maximum atomic E-state index is 11.2. The van der Waals surface area contributed by atoms with Crippen LogP contribution in [0.3, 0.4) is 0 Å². The molecular weight excluding hydrogens is 560 g/mol. The van der Waals surface area contributed by atoms with Crippen LogP contribution >= 0.6 is 0 Å². The number of hydrogen-bond donors (Lipinski definition) is 0. The second kappa shape index (κ2) is 18.9. The number of Topliss-reactive ketones (excluding diaryl/α,β-unsaturated/α-hetero) is 1. The number of benzene rings is 3. The Kier molecular flexibility index (Phi) is 15.3. The largest absolute Gasteiger partial charge is 0.405 e. The normalized spacial score (nSPS) is 12.7. The summed E-state index contributed by atoms with van der Waals surface area (Å²) in [6, 6.07) is 31.1. The van der Waals surface area contributed by atoms with Gasteiger partial charge in [-0.05, 0) is 27.9 Å².